The summed E-state index contributed by atoms with van der Waals surface area (Å²) in [5, 5.41) is 6.93. The second-order valence-electron chi connectivity index (χ2n) is 3.97. The van der Waals surface area contributed by atoms with Crippen molar-refractivity contribution in [1.82, 2.24) is 10.2 Å². The molecule has 0 aromatic carbocycles. The molecule has 15 heavy (non-hydrogen) atoms. The van der Waals surface area contributed by atoms with E-state index in [2.05, 4.69) is 16.3 Å². The average Bonchev–Trinajstić information content (AvgIpc) is 2.82. The minimum absolute atomic E-state index is 0.744. The van der Waals surface area contributed by atoms with Gasteiger partial charge in [0, 0.05) is 4.88 Å². The van der Waals surface area contributed by atoms with Crippen molar-refractivity contribution in [3.63, 3.8) is 0 Å². The van der Waals surface area contributed by atoms with E-state index in [-0.39, 0.29) is 0 Å². The standard InChI is InChI=1S/C11H13N3S/c12-8-6-13-14-11(8)10-5-7-3-1-2-4-9(7)15-10/h5-6H,1-4,12H2,(H,13,14). The van der Waals surface area contributed by atoms with Crippen molar-refractivity contribution in [3.8, 4) is 10.6 Å². The normalized spacial score (nSPS) is 15.2. The van der Waals surface area contributed by atoms with Gasteiger partial charge < -0.3 is 5.73 Å². The highest BCUT2D eigenvalue weighted by atomic mass is 32.1. The molecule has 0 fully saturated rings. The quantitative estimate of drug-likeness (QED) is 0.774. The fraction of sp³-hybridized carbons (Fsp3) is 0.364. The van der Waals surface area contributed by atoms with Crippen LogP contribution in [0.3, 0.4) is 0 Å². The van der Waals surface area contributed by atoms with Crippen LogP contribution < -0.4 is 5.73 Å². The van der Waals surface area contributed by atoms with Crippen LogP contribution in [0.25, 0.3) is 10.6 Å². The van der Waals surface area contributed by atoms with Gasteiger partial charge in [-0.3, -0.25) is 5.10 Å². The highest BCUT2D eigenvalue weighted by Gasteiger charge is 2.15. The highest BCUT2D eigenvalue weighted by Crippen LogP contribution is 2.36. The van der Waals surface area contributed by atoms with Gasteiger partial charge in [0.05, 0.1) is 22.5 Å². The van der Waals surface area contributed by atoms with Crippen LogP contribution in [0.15, 0.2) is 12.3 Å². The molecule has 3 N–H and O–H groups in total. The molecular formula is C11H13N3S. The van der Waals surface area contributed by atoms with Crippen LogP contribution in [0, 0.1) is 0 Å². The summed E-state index contributed by atoms with van der Waals surface area (Å²) >= 11 is 1.86. The smallest absolute Gasteiger partial charge is 0.0979 e. The van der Waals surface area contributed by atoms with Crippen LogP contribution >= 0.6 is 11.3 Å². The number of nitrogens with zero attached hydrogens (tertiary/aromatic N) is 1. The molecule has 4 heteroatoms. The lowest BCUT2D eigenvalue weighted by molar-refractivity contribution is 0.697. The Balaban J connectivity index is 2.06. The summed E-state index contributed by atoms with van der Waals surface area (Å²) in [6.45, 7) is 0. The van der Waals surface area contributed by atoms with Gasteiger partial charge in [0.25, 0.3) is 0 Å². The molecule has 0 saturated heterocycles. The SMILES string of the molecule is Nc1cn[nH]c1-c1cc2c(s1)CCCC2. The van der Waals surface area contributed by atoms with E-state index in [1.165, 1.54) is 41.0 Å². The van der Waals surface area contributed by atoms with Crippen LogP contribution in [0.2, 0.25) is 0 Å². The molecule has 2 aromatic rings. The summed E-state index contributed by atoms with van der Waals surface area (Å²) in [6, 6.07) is 2.27. The minimum Gasteiger partial charge on any atom is -0.396 e. The summed E-state index contributed by atoms with van der Waals surface area (Å²) in [5.74, 6) is 0. The number of H-pyrrole nitrogens is 1. The van der Waals surface area contributed by atoms with Gasteiger partial charge >= 0.3 is 0 Å². The number of hydrogen-bond acceptors (Lipinski definition) is 3. The van der Waals surface area contributed by atoms with E-state index in [0.717, 1.165) is 11.4 Å². The van der Waals surface area contributed by atoms with Gasteiger partial charge in [0.1, 0.15) is 0 Å². The number of aromatic nitrogens is 2. The minimum atomic E-state index is 0.744. The Labute approximate surface area is 92.3 Å². The van der Waals surface area contributed by atoms with Crippen LogP contribution in [-0.4, -0.2) is 10.2 Å². The molecule has 0 aliphatic heterocycles. The topological polar surface area (TPSA) is 54.7 Å². The zero-order chi connectivity index (χ0) is 10.3. The van der Waals surface area contributed by atoms with Crippen molar-refractivity contribution in [2.75, 3.05) is 5.73 Å². The second kappa shape index (κ2) is 3.38. The van der Waals surface area contributed by atoms with Crippen LogP contribution in [-0.2, 0) is 12.8 Å². The monoisotopic (exact) mass is 219 g/mol. The molecule has 0 atom stereocenters. The van der Waals surface area contributed by atoms with Crippen LogP contribution in [0.4, 0.5) is 5.69 Å². The lowest BCUT2D eigenvalue weighted by atomic mass is 9.99. The Bertz CT molecular complexity index is 460. The van der Waals surface area contributed by atoms with Crippen molar-refractivity contribution in [1.29, 1.82) is 0 Å². The van der Waals surface area contributed by atoms with E-state index in [1.807, 2.05) is 11.3 Å². The van der Waals surface area contributed by atoms with E-state index < -0.39 is 0 Å². The van der Waals surface area contributed by atoms with E-state index in [0.29, 0.717) is 0 Å². The van der Waals surface area contributed by atoms with Gasteiger partial charge in [-0.05, 0) is 37.3 Å². The average molecular weight is 219 g/mol. The van der Waals surface area contributed by atoms with Crippen molar-refractivity contribution in [3.05, 3.63) is 22.7 Å². The molecule has 0 saturated carbocycles. The summed E-state index contributed by atoms with van der Waals surface area (Å²) in [5.41, 5.74) is 9.08. The fourth-order valence-electron chi connectivity index (χ4n) is 2.11. The Morgan fingerprint density at radius 1 is 1.33 bits per heavy atom. The maximum Gasteiger partial charge on any atom is 0.0979 e. The molecule has 3 rings (SSSR count). The first-order valence-corrected chi connectivity index (χ1v) is 6.07. The van der Waals surface area contributed by atoms with Crippen molar-refractivity contribution >= 4 is 17.0 Å². The molecule has 78 valence electrons. The zero-order valence-electron chi connectivity index (χ0n) is 8.42. The van der Waals surface area contributed by atoms with Gasteiger partial charge in [0.15, 0.2) is 0 Å². The number of aromatic amines is 1. The Hall–Kier alpha value is -1.29. The fourth-order valence-corrected chi connectivity index (χ4v) is 3.38. The maximum absolute atomic E-state index is 5.84. The Morgan fingerprint density at radius 2 is 2.20 bits per heavy atom. The number of aryl methyl sites for hydroxylation is 2. The molecule has 0 bridgehead atoms. The van der Waals surface area contributed by atoms with Gasteiger partial charge in [0.2, 0.25) is 0 Å². The first-order valence-electron chi connectivity index (χ1n) is 5.25. The van der Waals surface area contributed by atoms with Gasteiger partial charge in [-0.2, -0.15) is 5.10 Å². The molecular weight excluding hydrogens is 206 g/mol. The number of fused-ring (bicyclic) bond motifs is 1. The summed E-state index contributed by atoms with van der Waals surface area (Å²) in [4.78, 5) is 2.77. The maximum atomic E-state index is 5.84. The predicted octanol–water partition coefficient (Wildman–Crippen LogP) is 2.60. The Kier molecular flexibility index (Phi) is 2.02. The third-order valence-corrected chi connectivity index (χ3v) is 4.17. The summed E-state index contributed by atoms with van der Waals surface area (Å²) in [6.07, 6.45) is 6.77. The van der Waals surface area contributed by atoms with Gasteiger partial charge in [-0.15, -0.1) is 11.3 Å². The first kappa shape index (κ1) is 8.97. The molecule has 0 radical (unpaired) electrons. The highest BCUT2D eigenvalue weighted by molar-refractivity contribution is 7.15. The lowest BCUT2D eigenvalue weighted by Gasteiger charge is -2.08. The lowest BCUT2D eigenvalue weighted by Crippen LogP contribution is -1.96. The summed E-state index contributed by atoms with van der Waals surface area (Å²) in [7, 11) is 0. The van der Waals surface area contributed by atoms with Crippen molar-refractivity contribution in [2.45, 2.75) is 25.7 Å². The number of nitrogens with two attached hydrogens (primary N) is 1. The number of thiophene rings is 1. The van der Waals surface area contributed by atoms with Gasteiger partial charge in [-0.1, -0.05) is 0 Å². The molecule has 3 nitrogen and oxygen atoms in total. The molecule has 2 aromatic heterocycles. The Morgan fingerprint density at radius 3 is 2.93 bits per heavy atom. The third-order valence-electron chi connectivity index (χ3n) is 2.91. The van der Waals surface area contributed by atoms with E-state index in [1.54, 1.807) is 6.20 Å². The number of rotatable bonds is 1. The largest absolute Gasteiger partial charge is 0.396 e. The number of nitrogen functional groups attached to an aromatic ring is 1. The van der Waals surface area contributed by atoms with Crippen LogP contribution in [0.5, 0.6) is 0 Å². The molecule has 0 unspecified atom stereocenters. The predicted molar refractivity (Wildman–Crippen MR) is 63.0 cm³/mol. The second-order valence-corrected chi connectivity index (χ2v) is 5.10. The number of hydrogen-bond donors (Lipinski definition) is 2. The molecule has 1 aliphatic rings. The summed E-state index contributed by atoms with van der Waals surface area (Å²) < 4.78 is 0. The molecule has 0 amide bonds. The van der Waals surface area contributed by atoms with Crippen molar-refractivity contribution in [2.24, 2.45) is 0 Å². The molecule has 0 spiro atoms. The molecule has 2 heterocycles. The van der Waals surface area contributed by atoms with E-state index >= 15 is 0 Å². The molecule has 1 aliphatic carbocycles. The van der Waals surface area contributed by atoms with E-state index in [4.69, 9.17) is 5.73 Å². The number of anilines is 1. The van der Waals surface area contributed by atoms with E-state index in [9.17, 15) is 0 Å². The third kappa shape index (κ3) is 1.45. The van der Waals surface area contributed by atoms with Crippen molar-refractivity contribution < 1.29 is 0 Å². The van der Waals surface area contributed by atoms with Crippen LogP contribution in [0.1, 0.15) is 23.3 Å². The first-order chi connectivity index (χ1) is 7.34. The number of nitrogens with one attached hydrogen (secondary N) is 1. The van der Waals surface area contributed by atoms with Gasteiger partial charge in [-0.25, -0.2) is 0 Å². The zero-order valence-corrected chi connectivity index (χ0v) is 9.23.